The topological polar surface area (TPSA) is 29.3 Å². The third-order valence-electron chi connectivity index (χ3n) is 2.93. The molecule has 1 saturated carbocycles. The van der Waals surface area contributed by atoms with E-state index in [4.69, 9.17) is 5.73 Å². The molecule has 1 aliphatic rings. The monoisotopic (exact) mass is 262 g/mol. The molecule has 0 heterocycles. The molecule has 18 heavy (non-hydrogen) atoms. The zero-order chi connectivity index (χ0) is 13.3. The van der Waals surface area contributed by atoms with Gasteiger partial charge in [0.2, 0.25) is 0 Å². The Hall–Kier alpha value is -1.30. The van der Waals surface area contributed by atoms with Crippen LogP contribution in [0.15, 0.2) is 18.2 Å². The van der Waals surface area contributed by atoms with Crippen molar-refractivity contribution >= 4 is 5.69 Å². The molecular weight excluding hydrogens is 248 g/mol. The van der Waals surface area contributed by atoms with E-state index in [1.165, 1.54) is 17.0 Å². The van der Waals surface area contributed by atoms with Gasteiger partial charge in [-0.25, -0.2) is 4.39 Å². The average Bonchev–Trinajstić information content (AvgIpc) is 3.08. The summed E-state index contributed by atoms with van der Waals surface area (Å²) in [5, 5.41) is 0. The van der Waals surface area contributed by atoms with Crippen molar-refractivity contribution < 1.29 is 17.6 Å². The predicted molar refractivity (Wildman–Crippen MR) is 60.7 cm³/mol. The van der Waals surface area contributed by atoms with Gasteiger partial charge in [0.05, 0.1) is 0 Å². The fourth-order valence-corrected chi connectivity index (χ4v) is 1.89. The van der Waals surface area contributed by atoms with Gasteiger partial charge in [0.1, 0.15) is 12.4 Å². The van der Waals surface area contributed by atoms with Crippen LogP contribution in [0.1, 0.15) is 18.4 Å². The molecule has 100 valence electrons. The van der Waals surface area contributed by atoms with Crippen molar-refractivity contribution in [2.24, 2.45) is 5.73 Å². The Balaban J connectivity index is 2.23. The highest BCUT2D eigenvalue weighted by Gasteiger charge is 2.38. The lowest BCUT2D eigenvalue weighted by molar-refractivity contribution is -0.120. The van der Waals surface area contributed by atoms with E-state index in [0.29, 0.717) is 5.56 Å². The average molecular weight is 262 g/mol. The number of halogens is 4. The van der Waals surface area contributed by atoms with E-state index >= 15 is 0 Å². The maximum absolute atomic E-state index is 13.5. The van der Waals surface area contributed by atoms with Crippen molar-refractivity contribution in [1.82, 2.24) is 0 Å². The second-order valence-corrected chi connectivity index (χ2v) is 4.45. The fourth-order valence-electron chi connectivity index (χ4n) is 1.89. The van der Waals surface area contributed by atoms with Crippen molar-refractivity contribution in [3.05, 3.63) is 29.6 Å². The second kappa shape index (κ2) is 4.76. The summed E-state index contributed by atoms with van der Waals surface area (Å²) in [5.41, 5.74) is 5.89. The Morgan fingerprint density at radius 2 is 1.94 bits per heavy atom. The second-order valence-electron chi connectivity index (χ2n) is 4.45. The smallest absolute Gasteiger partial charge is 0.359 e. The molecule has 0 atom stereocenters. The minimum Gasteiger partial charge on any atom is -0.359 e. The first kappa shape index (κ1) is 13.1. The maximum Gasteiger partial charge on any atom is 0.405 e. The van der Waals surface area contributed by atoms with E-state index < -0.39 is 18.5 Å². The third-order valence-corrected chi connectivity index (χ3v) is 2.93. The minimum absolute atomic E-state index is 0.0365. The molecular formula is C12H14F4N2. The third kappa shape index (κ3) is 3.13. The Labute approximate surface area is 102 Å². The summed E-state index contributed by atoms with van der Waals surface area (Å²) in [6.45, 7) is -1.01. The van der Waals surface area contributed by atoms with Gasteiger partial charge in [-0.3, -0.25) is 0 Å². The van der Waals surface area contributed by atoms with E-state index in [1.54, 1.807) is 0 Å². The highest BCUT2D eigenvalue weighted by atomic mass is 19.4. The van der Waals surface area contributed by atoms with Crippen LogP contribution in [0, 0.1) is 5.82 Å². The molecule has 0 spiro atoms. The molecule has 0 unspecified atom stereocenters. The molecule has 2 nitrogen and oxygen atoms in total. The van der Waals surface area contributed by atoms with Crippen LogP contribution in [-0.2, 0) is 6.54 Å². The van der Waals surface area contributed by atoms with E-state index in [9.17, 15) is 17.6 Å². The number of hydrogen-bond donors (Lipinski definition) is 1. The van der Waals surface area contributed by atoms with Crippen LogP contribution in [-0.4, -0.2) is 18.8 Å². The first-order valence-electron chi connectivity index (χ1n) is 5.72. The number of benzene rings is 1. The summed E-state index contributed by atoms with van der Waals surface area (Å²) >= 11 is 0. The fraction of sp³-hybridized carbons (Fsp3) is 0.500. The minimum atomic E-state index is -4.29. The van der Waals surface area contributed by atoms with Crippen LogP contribution in [0.2, 0.25) is 0 Å². The lowest BCUT2D eigenvalue weighted by Crippen LogP contribution is -2.36. The van der Waals surface area contributed by atoms with Crippen molar-refractivity contribution in [3.8, 4) is 0 Å². The largest absolute Gasteiger partial charge is 0.405 e. The first-order valence-corrected chi connectivity index (χ1v) is 5.72. The lowest BCUT2D eigenvalue weighted by Gasteiger charge is -2.26. The zero-order valence-corrected chi connectivity index (χ0v) is 9.67. The molecule has 1 aromatic rings. The van der Waals surface area contributed by atoms with Gasteiger partial charge >= 0.3 is 6.18 Å². The summed E-state index contributed by atoms with van der Waals surface area (Å²) < 4.78 is 50.9. The van der Waals surface area contributed by atoms with Gasteiger partial charge in [-0.05, 0) is 25.0 Å². The summed E-state index contributed by atoms with van der Waals surface area (Å²) in [7, 11) is 0. The molecule has 6 heteroatoms. The number of rotatable bonds is 4. The molecule has 0 radical (unpaired) electrons. The van der Waals surface area contributed by atoms with Crippen LogP contribution in [0.5, 0.6) is 0 Å². The van der Waals surface area contributed by atoms with Crippen LogP contribution < -0.4 is 10.6 Å². The Morgan fingerprint density at radius 1 is 1.28 bits per heavy atom. The molecule has 0 aliphatic heterocycles. The molecule has 1 aliphatic carbocycles. The molecule has 1 fully saturated rings. The molecule has 0 saturated heterocycles. The number of alkyl halides is 3. The molecule has 2 rings (SSSR count). The van der Waals surface area contributed by atoms with Gasteiger partial charge in [-0.15, -0.1) is 0 Å². The van der Waals surface area contributed by atoms with Gasteiger partial charge in [0, 0.05) is 23.8 Å². The van der Waals surface area contributed by atoms with E-state index in [-0.39, 0.29) is 18.3 Å². The maximum atomic E-state index is 13.5. The SMILES string of the molecule is NCc1ccc(N(CC(F)(F)F)C2CC2)cc1F. The number of nitrogens with zero attached hydrogens (tertiary/aromatic N) is 1. The quantitative estimate of drug-likeness (QED) is 0.845. The van der Waals surface area contributed by atoms with Gasteiger partial charge in [-0.2, -0.15) is 13.2 Å². The van der Waals surface area contributed by atoms with E-state index in [1.807, 2.05) is 0 Å². The van der Waals surface area contributed by atoms with Crippen molar-refractivity contribution in [2.75, 3.05) is 11.4 Å². The van der Waals surface area contributed by atoms with E-state index in [2.05, 4.69) is 0 Å². The molecule has 0 bridgehead atoms. The van der Waals surface area contributed by atoms with Gasteiger partial charge in [0.15, 0.2) is 0 Å². The van der Waals surface area contributed by atoms with Crippen molar-refractivity contribution in [2.45, 2.75) is 31.6 Å². The van der Waals surface area contributed by atoms with Gasteiger partial charge < -0.3 is 10.6 Å². The number of anilines is 1. The number of nitrogens with two attached hydrogens (primary N) is 1. The molecule has 2 N–H and O–H groups in total. The van der Waals surface area contributed by atoms with Gasteiger partial charge in [-0.1, -0.05) is 6.07 Å². The highest BCUT2D eigenvalue weighted by molar-refractivity contribution is 5.50. The summed E-state index contributed by atoms with van der Waals surface area (Å²) in [5.74, 6) is -0.553. The number of hydrogen-bond acceptors (Lipinski definition) is 2. The predicted octanol–water partition coefficient (Wildman–Crippen LogP) is 2.82. The standard InChI is InChI=1S/C12H14F4N2/c13-11-5-10(2-1-8(11)6-17)18(9-3-4-9)7-12(14,15)16/h1-2,5,9H,3-4,6-7,17H2. The Morgan fingerprint density at radius 3 is 2.39 bits per heavy atom. The Kier molecular flexibility index (Phi) is 3.47. The van der Waals surface area contributed by atoms with Crippen LogP contribution in [0.4, 0.5) is 23.2 Å². The van der Waals surface area contributed by atoms with Crippen LogP contribution in [0.3, 0.4) is 0 Å². The van der Waals surface area contributed by atoms with Crippen LogP contribution >= 0.6 is 0 Å². The van der Waals surface area contributed by atoms with E-state index in [0.717, 1.165) is 18.9 Å². The summed E-state index contributed by atoms with van der Waals surface area (Å²) in [4.78, 5) is 1.21. The molecule has 1 aromatic carbocycles. The summed E-state index contributed by atoms with van der Waals surface area (Å²) in [6.07, 6.45) is -2.85. The van der Waals surface area contributed by atoms with Gasteiger partial charge in [0.25, 0.3) is 0 Å². The van der Waals surface area contributed by atoms with Crippen LogP contribution in [0.25, 0.3) is 0 Å². The Bertz CT molecular complexity index is 427. The summed E-state index contributed by atoms with van der Waals surface area (Å²) in [6, 6.07) is 3.94. The highest BCUT2D eigenvalue weighted by Crippen LogP contribution is 2.34. The zero-order valence-electron chi connectivity index (χ0n) is 9.67. The lowest BCUT2D eigenvalue weighted by atomic mass is 10.1. The molecule has 0 aromatic heterocycles. The first-order chi connectivity index (χ1) is 8.40. The normalized spacial score (nSPS) is 15.8. The van der Waals surface area contributed by atoms with Crippen molar-refractivity contribution in [3.63, 3.8) is 0 Å². The molecule has 0 amide bonds. The van der Waals surface area contributed by atoms with Crippen molar-refractivity contribution in [1.29, 1.82) is 0 Å².